The zero-order valence-electron chi connectivity index (χ0n) is 17.5. The number of nitrogens with zero attached hydrogens (tertiary/aromatic N) is 1. The molecule has 1 aliphatic rings. The molecular formula is C24H32ClN3O. The molecule has 0 aromatic heterocycles. The highest BCUT2D eigenvalue weighted by molar-refractivity contribution is 6.30. The fraction of sp³-hybridized carbons (Fsp3) is 0.458. The fourth-order valence-corrected chi connectivity index (χ4v) is 4.35. The lowest BCUT2D eigenvalue weighted by Gasteiger charge is -2.33. The number of hydrogen-bond donors (Lipinski definition) is 2. The van der Waals surface area contributed by atoms with Crippen LogP contribution in [0.5, 0.6) is 0 Å². The summed E-state index contributed by atoms with van der Waals surface area (Å²) in [6, 6.07) is 18.4. The van der Waals surface area contributed by atoms with Crippen LogP contribution in [0.3, 0.4) is 0 Å². The molecule has 1 amide bonds. The summed E-state index contributed by atoms with van der Waals surface area (Å²) in [6.45, 7) is 7.40. The van der Waals surface area contributed by atoms with E-state index in [9.17, 15) is 4.79 Å². The number of nitrogens with one attached hydrogen (secondary N) is 2. The van der Waals surface area contributed by atoms with E-state index in [4.69, 9.17) is 11.6 Å². The topological polar surface area (TPSA) is 44.4 Å². The molecule has 2 N–H and O–H groups in total. The highest BCUT2D eigenvalue weighted by atomic mass is 35.5. The number of hydrogen-bond acceptors (Lipinski definition) is 3. The van der Waals surface area contributed by atoms with Gasteiger partial charge in [-0.3, -0.25) is 10.1 Å². The lowest BCUT2D eigenvalue weighted by atomic mass is 9.84. The first-order valence-electron chi connectivity index (χ1n) is 10.6. The van der Waals surface area contributed by atoms with E-state index < -0.39 is 0 Å². The summed E-state index contributed by atoms with van der Waals surface area (Å²) in [7, 11) is 0. The predicted octanol–water partition coefficient (Wildman–Crippen LogP) is 4.59. The Labute approximate surface area is 179 Å². The van der Waals surface area contributed by atoms with Crippen LogP contribution in [-0.2, 0) is 10.3 Å². The number of carbonyl (C=O) groups excluding carboxylic acids is 1. The summed E-state index contributed by atoms with van der Waals surface area (Å²) in [5.74, 6) is 0.556. The molecule has 0 bridgehead atoms. The first kappa shape index (κ1) is 21.7. The molecule has 1 unspecified atom stereocenters. The van der Waals surface area contributed by atoms with E-state index in [2.05, 4.69) is 65.8 Å². The van der Waals surface area contributed by atoms with Crippen LogP contribution in [0.25, 0.3) is 0 Å². The zero-order valence-corrected chi connectivity index (χ0v) is 18.2. The van der Waals surface area contributed by atoms with Crippen molar-refractivity contribution >= 4 is 23.2 Å². The summed E-state index contributed by atoms with van der Waals surface area (Å²) in [5, 5.41) is 7.37. The third-order valence-corrected chi connectivity index (χ3v) is 6.44. The second-order valence-electron chi connectivity index (χ2n) is 7.89. The van der Waals surface area contributed by atoms with Gasteiger partial charge >= 0.3 is 0 Å². The Balaban J connectivity index is 1.48. The average molecular weight is 414 g/mol. The molecule has 1 heterocycles. The number of benzene rings is 2. The molecule has 29 heavy (non-hydrogen) atoms. The van der Waals surface area contributed by atoms with E-state index in [1.54, 1.807) is 0 Å². The van der Waals surface area contributed by atoms with E-state index in [1.807, 2.05) is 18.2 Å². The summed E-state index contributed by atoms with van der Waals surface area (Å²) >= 11 is 6.04. The summed E-state index contributed by atoms with van der Waals surface area (Å²) in [4.78, 5) is 14.9. The van der Waals surface area contributed by atoms with E-state index in [-0.39, 0.29) is 11.4 Å². The SMILES string of the molecule is CCC(CC)(NCC(=O)NCC1CCN(c2ccccc2)C1)c1ccc(Cl)cc1. The van der Waals surface area contributed by atoms with Crippen molar-refractivity contribution in [1.82, 2.24) is 10.6 Å². The molecule has 1 fully saturated rings. The minimum atomic E-state index is -0.209. The van der Waals surface area contributed by atoms with Crippen LogP contribution in [0.4, 0.5) is 5.69 Å². The molecule has 5 heteroatoms. The molecule has 0 radical (unpaired) electrons. The van der Waals surface area contributed by atoms with Gasteiger partial charge < -0.3 is 10.2 Å². The second-order valence-corrected chi connectivity index (χ2v) is 8.33. The molecule has 0 aliphatic carbocycles. The largest absolute Gasteiger partial charge is 0.371 e. The van der Waals surface area contributed by atoms with Crippen LogP contribution in [-0.4, -0.2) is 32.1 Å². The van der Waals surface area contributed by atoms with E-state index >= 15 is 0 Å². The van der Waals surface area contributed by atoms with Gasteiger partial charge in [0.1, 0.15) is 0 Å². The van der Waals surface area contributed by atoms with Crippen molar-refractivity contribution < 1.29 is 4.79 Å². The van der Waals surface area contributed by atoms with Crippen molar-refractivity contribution in [3.05, 3.63) is 65.2 Å². The van der Waals surface area contributed by atoms with Crippen molar-refractivity contribution in [2.24, 2.45) is 5.92 Å². The number of para-hydroxylation sites is 1. The van der Waals surface area contributed by atoms with Gasteiger partial charge in [0.15, 0.2) is 0 Å². The Morgan fingerprint density at radius 3 is 2.45 bits per heavy atom. The monoisotopic (exact) mass is 413 g/mol. The lowest BCUT2D eigenvalue weighted by molar-refractivity contribution is -0.120. The Bertz CT molecular complexity index is 774. The third kappa shape index (κ3) is 5.52. The smallest absolute Gasteiger partial charge is 0.233 e. The number of anilines is 1. The Morgan fingerprint density at radius 1 is 1.10 bits per heavy atom. The van der Waals surface area contributed by atoms with Crippen molar-refractivity contribution in [3.63, 3.8) is 0 Å². The minimum Gasteiger partial charge on any atom is -0.371 e. The summed E-state index contributed by atoms with van der Waals surface area (Å²) in [5.41, 5.74) is 2.23. The van der Waals surface area contributed by atoms with Crippen LogP contribution < -0.4 is 15.5 Å². The van der Waals surface area contributed by atoms with E-state index in [0.29, 0.717) is 12.5 Å². The number of halogens is 1. The molecule has 0 saturated carbocycles. The van der Waals surface area contributed by atoms with Crippen molar-refractivity contribution in [2.75, 3.05) is 31.1 Å². The van der Waals surface area contributed by atoms with E-state index in [1.165, 1.54) is 11.3 Å². The molecule has 3 rings (SSSR count). The highest BCUT2D eigenvalue weighted by Crippen LogP contribution is 2.29. The van der Waals surface area contributed by atoms with Crippen LogP contribution in [0, 0.1) is 5.92 Å². The van der Waals surface area contributed by atoms with Gasteiger partial charge in [-0.15, -0.1) is 0 Å². The molecule has 1 aliphatic heterocycles. The van der Waals surface area contributed by atoms with Crippen molar-refractivity contribution in [2.45, 2.75) is 38.6 Å². The van der Waals surface area contributed by atoms with Gasteiger partial charge in [0.25, 0.3) is 0 Å². The zero-order chi connectivity index (χ0) is 20.7. The quantitative estimate of drug-likeness (QED) is 0.632. The van der Waals surface area contributed by atoms with Gasteiger partial charge in [-0.05, 0) is 55.0 Å². The molecule has 4 nitrogen and oxygen atoms in total. The molecule has 1 saturated heterocycles. The minimum absolute atomic E-state index is 0.0587. The summed E-state index contributed by atoms with van der Waals surface area (Å²) < 4.78 is 0. The lowest BCUT2D eigenvalue weighted by Crippen LogP contribution is -2.47. The first-order chi connectivity index (χ1) is 14.1. The van der Waals surface area contributed by atoms with Crippen molar-refractivity contribution in [3.8, 4) is 0 Å². The van der Waals surface area contributed by atoms with Crippen molar-refractivity contribution in [1.29, 1.82) is 0 Å². The van der Waals surface area contributed by atoms with Gasteiger partial charge in [-0.2, -0.15) is 0 Å². The normalized spacial score (nSPS) is 16.8. The van der Waals surface area contributed by atoms with Gasteiger partial charge in [-0.25, -0.2) is 0 Å². The molecule has 2 aromatic carbocycles. The number of amides is 1. The van der Waals surface area contributed by atoms with Crippen LogP contribution in [0.15, 0.2) is 54.6 Å². The van der Waals surface area contributed by atoms with Gasteiger partial charge in [0.05, 0.1) is 6.54 Å². The summed E-state index contributed by atoms with van der Waals surface area (Å²) in [6.07, 6.45) is 2.93. The maximum atomic E-state index is 12.5. The Kier molecular flexibility index (Phi) is 7.57. The van der Waals surface area contributed by atoms with Crippen LogP contribution in [0.2, 0.25) is 5.02 Å². The van der Waals surface area contributed by atoms with Crippen LogP contribution in [0.1, 0.15) is 38.7 Å². The fourth-order valence-electron chi connectivity index (χ4n) is 4.22. The standard InChI is InChI=1S/C24H32ClN3O/c1-3-24(4-2,20-10-12-21(25)13-11-20)27-17-23(29)26-16-19-14-15-28(18-19)22-8-6-5-7-9-22/h5-13,19,27H,3-4,14-18H2,1-2H3,(H,26,29). The first-order valence-corrected chi connectivity index (χ1v) is 11.0. The maximum Gasteiger partial charge on any atom is 0.233 e. The molecule has 156 valence electrons. The van der Waals surface area contributed by atoms with E-state index in [0.717, 1.165) is 43.9 Å². The Hall–Kier alpha value is -2.04. The Morgan fingerprint density at radius 2 is 1.79 bits per heavy atom. The van der Waals surface area contributed by atoms with Crippen LogP contribution >= 0.6 is 11.6 Å². The molecule has 1 atom stereocenters. The van der Waals surface area contributed by atoms with Gasteiger partial charge in [-0.1, -0.05) is 55.8 Å². The maximum absolute atomic E-state index is 12.5. The van der Waals surface area contributed by atoms with Gasteiger partial charge in [0, 0.05) is 35.9 Å². The highest BCUT2D eigenvalue weighted by Gasteiger charge is 2.29. The molecule has 0 spiro atoms. The predicted molar refractivity (Wildman–Crippen MR) is 121 cm³/mol. The molecule has 2 aromatic rings. The molecular weight excluding hydrogens is 382 g/mol. The number of carbonyl (C=O) groups is 1. The second kappa shape index (κ2) is 10.1. The third-order valence-electron chi connectivity index (χ3n) is 6.19. The average Bonchev–Trinajstić information content (AvgIpc) is 3.24. The van der Waals surface area contributed by atoms with Gasteiger partial charge in [0.2, 0.25) is 5.91 Å². The number of rotatable bonds is 9.